The van der Waals surface area contributed by atoms with Crippen LogP contribution >= 0.6 is 0 Å². The Morgan fingerprint density at radius 3 is 2.52 bits per heavy atom. The van der Waals surface area contributed by atoms with E-state index in [0.717, 1.165) is 12.0 Å². The summed E-state index contributed by atoms with van der Waals surface area (Å²) in [6, 6.07) is 9.60. The molecule has 0 spiro atoms. The second kappa shape index (κ2) is 7.67. The largest absolute Gasteiger partial charge is 0.481 e. The van der Waals surface area contributed by atoms with Crippen molar-refractivity contribution in [2.24, 2.45) is 5.92 Å². The molecule has 2 rings (SSSR count). The molecule has 1 saturated carbocycles. The Kier molecular flexibility index (Phi) is 5.60. The van der Waals surface area contributed by atoms with Gasteiger partial charge in [-0.15, -0.1) is 0 Å². The third-order valence-corrected chi connectivity index (χ3v) is 3.93. The first-order valence-corrected chi connectivity index (χ1v) is 7.46. The van der Waals surface area contributed by atoms with Crippen LogP contribution in [0.2, 0.25) is 0 Å². The predicted octanol–water partition coefficient (Wildman–Crippen LogP) is 2.69. The Balaban J connectivity index is 1.89. The number of carbonyl (C=O) groups is 2. The van der Waals surface area contributed by atoms with Gasteiger partial charge in [-0.2, -0.15) is 0 Å². The zero-order valence-corrected chi connectivity index (χ0v) is 12.0. The highest BCUT2D eigenvalue weighted by atomic mass is 16.4. The highest BCUT2D eigenvalue weighted by molar-refractivity contribution is 5.75. The van der Waals surface area contributed by atoms with E-state index < -0.39 is 5.97 Å². The first-order valence-electron chi connectivity index (χ1n) is 7.46. The van der Waals surface area contributed by atoms with Crippen LogP contribution in [0, 0.1) is 5.92 Å². The molecule has 0 radical (unpaired) electrons. The quantitative estimate of drug-likeness (QED) is 0.722. The van der Waals surface area contributed by atoms with E-state index in [-0.39, 0.29) is 25.0 Å². The molecule has 1 atom stereocenters. The number of nitrogens with one attached hydrogen (secondary N) is 2. The number of carbonyl (C=O) groups excluding carboxylic acids is 1. The molecule has 0 aromatic heterocycles. The SMILES string of the molecule is O=C(O)CCNC(=O)NC(CC1CCC1)c1ccccc1. The number of aliphatic carboxylic acids is 1. The maximum atomic E-state index is 11.9. The van der Waals surface area contributed by atoms with Crippen LogP contribution in [0.1, 0.15) is 43.7 Å². The fourth-order valence-corrected chi connectivity index (χ4v) is 2.52. The van der Waals surface area contributed by atoms with Gasteiger partial charge in [0.25, 0.3) is 0 Å². The molecular formula is C16H22N2O3. The Hall–Kier alpha value is -2.04. The molecule has 2 amide bonds. The average molecular weight is 290 g/mol. The molecule has 5 nitrogen and oxygen atoms in total. The van der Waals surface area contributed by atoms with Crippen molar-refractivity contribution < 1.29 is 14.7 Å². The first kappa shape index (κ1) is 15.4. The second-order valence-corrected chi connectivity index (χ2v) is 5.54. The lowest BCUT2D eigenvalue weighted by Gasteiger charge is -2.30. The van der Waals surface area contributed by atoms with E-state index in [1.807, 2.05) is 30.3 Å². The normalized spacial score (nSPS) is 15.8. The molecule has 5 heteroatoms. The summed E-state index contributed by atoms with van der Waals surface area (Å²) in [5, 5.41) is 14.1. The Morgan fingerprint density at radius 2 is 1.95 bits per heavy atom. The van der Waals surface area contributed by atoms with Gasteiger partial charge in [0.1, 0.15) is 0 Å². The van der Waals surface area contributed by atoms with Gasteiger partial charge in [0.05, 0.1) is 12.5 Å². The van der Waals surface area contributed by atoms with E-state index in [1.165, 1.54) is 19.3 Å². The number of urea groups is 1. The Bertz CT molecular complexity index is 472. The van der Waals surface area contributed by atoms with Crippen LogP contribution in [0.15, 0.2) is 30.3 Å². The Labute approximate surface area is 124 Å². The van der Waals surface area contributed by atoms with Gasteiger partial charge in [0, 0.05) is 6.54 Å². The molecule has 0 aliphatic heterocycles. The van der Waals surface area contributed by atoms with Crippen LogP contribution in [-0.2, 0) is 4.79 Å². The van der Waals surface area contributed by atoms with E-state index in [1.54, 1.807) is 0 Å². The van der Waals surface area contributed by atoms with E-state index >= 15 is 0 Å². The van der Waals surface area contributed by atoms with Gasteiger partial charge in [-0.3, -0.25) is 4.79 Å². The van der Waals surface area contributed by atoms with Crippen LogP contribution in [0.4, 0.5) is 4.79 Å². The summed E-state index contributed by atoms with van der Waals surface area (Å²) in [7, 11) is 0. The van der Waals surface area contributed by atoms with E-state index in [9.17, 15) is 9.59 Å². The summed E-state index contributed by atoms with van der Waals surface area (Å²) in [5.74, 6) is -0.237. The van der Waals surface area contributed by atoms with E-state index in [0.29, 0.717) is 5.92 Å². The van der Waals surface area contributed by atoms with Crippen molar-refractivity contribution in [1.82, 2.24) is 10.6 Å². The topological polar surface area (TPSA) is 78.4 Å². The van der Waals surface area contributed by atoms with Gasteiger partial charge in [0.15, 0.2) is 0 Å². The smallest absolute Gasteiger partial charge is 0.315 e. The summed E-state index contributed by atoms with van der Waals surface area (Å²) in [4.78, 5) is 22.3. The van der Waals surface area contributed by atoms with Crippen LogP contribution in [0.3, 0.4) is 0 Å². The molecule has 1 unspecified atom stereocenters. The molecule has 0 heterocycles. The lowest BCUT2D eigenvalue weighted by Crippen LogP contribution is -2.39. The van der Waals surface area contributed by atoms with Gasteiger partial charge >= 0.3 is 12.0 Å². The minimum atomic E-state index is -0.913. The number of carboxylic acids is 1. The molecule has 1 aliphatic rings. The first-order chi connectivity index (χ1) is 10.1. The highest BCUT2D eigenvalue weighted by Gasteiger charge is 2.24. The van der Waals surface area contributed by atoms with Gasteiger partial charge < -0.3 is 15.7 Å². The third kappa shape index (κ3) is 5.10. The van der Waals surface area contributed by atoms with Crippen molar-refractivity contribution in [3.63, 3.8) is 0 Å². The minimum absolute atomic E-state index is 0.0127. The molecule has 21 heavy (non-hydrogen) atoms. The second-order valence-electron chi connectivity index (χ2n) is 5.54. The summed E-state index contributed by atoms with van der Waals surface area (Å²) >= 11 is 0. The predicted molar refractivity (Wildman–Crippen MR) is 79.9 cm³/mol. The maximum Gasteiger partial charge on any atom is 0.315 e. The van der Waals surface area contributed by atoms with Gasteiger partial charge in [0.2, 0.25) is 0 Å². The third-order valence-electron chi connectivity index (χ3n) is 3.93. The van der Waals surface area contributed by atoms with Crippen LogP contribution in [-0.4, -0.2) is 23.7 Å². The van der Waals surface area contributed by atoms with Crippen LogP contribution in [0.5, 0.6) is 0 Å². The number of hydrogen-bond donors (Lipinski definition) is 3. The van der Waals surface area contributed by atoms with Crippen molar-refractivity contribution in [2.45, 2.75) is 38.1 Å². The molecule has 114 valence electrons. The standard InChI is InChI=1S/C16H22N2O3/c19-15(20)9-10-17-16(21)18-14(11-12-5-4-6-12)13-7-2-1-3-8-13/h1-3,7-8,12,14H,4-6,9-11H2,(H,19,20)(H2,17,18,21). The monoisotopic (exact) mass is 290 g/mol. The number of amides is 2. The molecule has 1 aromatic carbocycles. The molecule has 3 N–H and O–H groups in total. The zero-order chi connectivity index (χ0) is 15.1. The number of benzene rings is 1. The fraction of sp³-hybridized carbons (Fsp3) is 0.500. The van der Waals surface area contributed by atoms with Gasteiger partial charge in [-0.1, -0.05) is 49.6 Å². The van der Waals surface area contributed by atoms with E-state index in [4.69, 9.17) is 5.11 Å². The van der Waals surface area contributed by atoms with Crippen molar-refractivity contribution in [1.29, 1.82) is 0 Å². The fourth-order valence-electron chi connectivity index (χ4n) is 2.52. The van der Waals surface area contributed by atoms with Crippen molar-refractivity contribution >= 4 is 12.0 Å². The Morgan fingerprint density at radius 1 is 1.24 bits per heavy atom. The van der Waals surface area contributed by atoms with Gasteiger partial charge in [-0.05, 0) is 17.9 Å². The number of carboxylic acid groups (broad SMARTS) is 1. The molecule has 0 bridgehead atoms. The van der Waals surface area contributed by atoms with Crippen LogP contribution in [0.25, 0.3) is 0 Å². The van der Waals surface area contributed by atoms with Crippen molar-refractivity contribution in [2.75, 3.05) is 6.54 Å². The van der Waals surface area contributed by atoms with Crippen molar-refractivity contribution in [3.05, 3.63) is 35.9 Å². The average Bonchev–Trinajstić information content (AvgIpc) is 2.42. The molecule has 0 saturated heterocycles. The highest BCUT2D eigenvalue weighted by Crippen LogP contribution is 2.34. The summed E-state index contributed by atoms with van der Waals surface area (Å²) in [6.07, 6.45) is 4.61. The minimum Gasteiger partial charge on any atom is -0.481 e. The van der Waals surface area contributed by atoms with Crippen LogP contribution < -0.4 is 10.6 Å². The van der Waals surface area contributed by atoms with E-state index in [2.05, 4.69) is 10.6 Å². The lowest BCUT2D eigenvalue weighted by atomic mass is 9.79. The molecule has 1 aromatic rings. The summed E-state index contributed by atoms with van der Waals surface area (Å²) in [6.45, 7) is 0.145. The summed E-state index contributed by atoms with van der Waals surface area (Å²) < 4.78 is 0. The number of hydrogen-bond acceptors (Lipinski definition) is 2. The summed E-state index contributed by atoms with van der Waals surface area (Å²) in [5.41, 5.74) is 1.10. The zero-order valence-electron chi connectivity index (χ0n) is 12.0. The maximum absolute atomic E-state index is 11.9. The van der Waals surface area contributed by atoms with Crippen molar-refractivity contribution in [3.8, 4) is 0 Å². The van der Waals surface area contributed by atoms with Gasteiger partial charge in [-0.25, -0.2) is 4.79 Å². The molecule has 1 fully saturated rings. The lowest BCUT2D eigenvalue weighted by molar-refractivity contribution is -0.136. The molecule has 1 aliphatic carbocycles. The molecular weight excluding hydrogens is 268 g/mol. The number of rotatable bonds is 7.